The van der Waals surface area contributed by atoms with Crippen molar-refractivity contribution >= 4 is 28.4 Å². The molecule has 0 aromatic carbocycles. The summed E-state index contributed by atoms with van der Waals surface area (Å²) in [4.78, 5) is 32.9. The average molecular weight is 531 g/mol. The molecule has 39 heavy (non-hydrogen) atoms. The Kier molecular flexibility index (Phi) is 6.76. The van der Waals surface area contributed by atoms with E-state index in [1.165, 1.54) is 11.1 Å². The molecule has 1 atom stereocenters. The number of morpholine rings is 1. The van der Waals surface area contributed by atoms with Crippen LogP contribution in [0.25, 0.3) is 27.9 Å². The van der Waals surface area contributed by atoms with Gasteiger partial charge in [0, 0.05) is 56.1 Å². The van der Waals surface area contributed by atoms with Crippen molar-refractivity contribution in [2.45, 2.75) is 46.6 Å². The third-order valence-corrected chi connectivity index (χ3v) is 8.37. The summed E-state index contributed by atoms with van der Waals surface area (Å²) in [6.45, 7) is 16.6. The van der Waals surface area contributed by atoms with Gasteiger partial charge in [-0.2, -0.15) is 5.10 Å². The Morgan fingerprint density at radius 3 is 2.67 bits per heavy atom. The van der Waals surface area contributed by atoms with E-state index in [0.29, 0.717) is 32.8 Å². The van der Waals surface area contributed by atoms with Crippen LogP contribution in [0.5, 0.6) is 0 Å². The highest BCUT2D eigenvalue weighted by atomic mass is 16.5. The number of nitrogens with zero attached hydrogens (tertiary/aromatic N) is 7. The zero-order valence-electron chi connectivity index (χ0n) is 23.6. The predicted octanol–water partition coefficient (Wildman–Crippen LogP) is 3.38. The molecule has 0 bridgehead atoms. The van der Waals surface area contributed by atoms with Gasteiger partial charge in [-0.3, -0.25) is 9.69 Å². The Labute approximate surface area is 229 Å². The monoisotopic (exact) mass is 530 g/mol. The highest BCUT2D eigenvalue weighted by Gasteiger charge is 2.29. The highest BCUT2D eigenvalue weighted by molar-refractivity contribution is 5.90. The number of ether oxygens (including phenoxy) is 1. The molecule has 2 aliphatic heterocycles. The summed E-state index contributed by atoms with van der Waals surface area (Å²) in [6, 6.07) is 4.43. The number of carbonyl (C=O) groups excluding carboxylic acids is 1. The Morgan fingerprint density at radius 2 is 1.92 bits per heavy atom. The molecule has 2 fully saturated rings. The van der Waals surface area contributed by atoms with Gasteiger partial charge in [0.1, 0.15) is 12.1 Å². The smallest absolute Gasteiger partial charge is 0.236 e. The van der Waals surface area contributed by atoms with E-state index >= 15 is 0 Å². The lowest BCUT2D eigenvalue weighted by Gasteiger charge is -2.41. The van der Waals surface area contributed by atoms with Gasteiger partial charge in [0.2, 0.25) is 5.91 Å². The van der Waals surface area contributed by atoms with Gasteiger partial charge < -0.3 is 19.5 Å². The van der Waals surface area contributed by atoms with E-state index in [0.717, 1.165) is 59.0 Å². The first-order valence-corrected chi connectivity index (χ1v) is 14.0. The minimum absolute atomic E-state index is 0.179. The van der Waals surface area contributed by atoms with Crippen LogP contribution in [-0.4, -0.2) is 98.8 Å². The number of carbonyl (C=O) groups is 1. The highest BCUT2D eigenvalue weighted by Crippen LogP contribution is 2.38. The van der Waals surface area contributed by atoms with E-state index in [1.54, 1.807) is 6.33 Å². The molecule has 0 radical (unpaired) electrons. The van der Waals surface area contributed by atoms with Crippen LogP contribution in [-0.2, 0) is 9.53 Å². The number of piperazine rings is 1. The molecule has 2 aliphatic rings. The number of nitrogens with one attached hydrogen (secondary N) is 1. The molecule has 4 aromatic rings. The number of H-pyrrole nitrogens is 1. The number of fused-ring (bicyclic) bond motifs is 2. The van der Waals surface area contributed by atoms with Crippen LogP contribution in [0.15, 0.2) is 24.7 Å². The number of hydrogen-bond donors (Lipinski definition) is 1. The molecule has 6 rings (SSSR count). The number of amides is 1. The second-order valence-corrected chi connectivity index (χ2v) is 11.2. The third-order valence-electron chi connectivity index (χ3n) is 8.37. The van der Waals surface area contributed by atoms with Crippen molar-refractivity contribution in [2.24, 2.45) is 0 Å². The van der Waals surface area contributed by atoms with Gasteiger partial charge in [0.15, 0.2) is 5.65 Å². The summed E-state index contributed by atoms with van der Waals surface area (Å²) >= 11 is 0. The van der Waals surface area contributed by atoms with E-state index in [2.05, 4.69) is 77.8 Å². The minimum Gasteiger partial charge on any atom is -0.379 e. The molecular formula is C29H38N8O2. The second kappa shape index (κ2) is 10.2. The molecule has 0 aliphatic carbocycles. The van der Waals surface area contributed by atoms with Crippen molar-refractivity contribution in [3.8, 4) is 11.3 Å². The minimum atomic E-state index is 0.179. The summed E-state index contributed by atoms with van der Waals surface area (Å²) in [5, 5.41) is 4.40. The fraction of sp³-hybridized carbons (Fsp3) is 0.517. The SMILES string of the molecule is Cc1c(-c2[nH]c3ccc(N4CCN(C(=O)CN5CCOCC5)C[C@@H]4C)nc3c2C(C)C)cn2ncnc2c1C. The molecule has 0 unspecified atom stereocenters. The summed E-state index contributed by atoms with van der Waals surface area (Å²) < 4.78 is 7.28. The van der Waals surface area contributed by atoms with Gasteiger partial charge in [-0.15, -0.1) is 0 Å². The molecule has 0 spiro atoms. The third kappa shape index (κ3) is 4.65. The van der Waals surface area contributed by atoms with Gasteiger partial charge in [-0.25, -0.2) is 14.5 Å². The van der Waals surface area contributed by atoms with Crippen LogP contribution < -0.4 is 4.90 Å². The molecule has 6 heterocycles. The first-order chi connectivity index (χ1) is 18.8. The average Bonchev–Trinajstić information content (AvgIpc) is 3.55. The number of anilines is 1. The zero-order chi connectivity index (χ0) is 27.3. The Morgan fingerprint density at radius 1 is 1.13 bits per heavy atom. The van der Waals surface area contributed by atoms with Crippen LogP contribution in [0.4, 0.5) is 5.82 Å². The quantitative estimate of drug-likeness (QED) is 0.423. The lowest BCUT2D eigenvalue weighted by molar-refractivity contribution is -0.134. The van der Waals surface area contributed by atoms with Crippen molar-refractivity contribution in [1.82, 2.24) is 34.4 Å². The largest absolute Gasteiger partial charge is 0.379 e. The lowest BCUT2D eigenvalue weighted by atomic mass is 9.95. The van der Waals surface area contributed by atoms with Crippen molar-refractivity contribution in [2.75, 3.05) is 57.4 Å². The van der Waals surface area contributed by atoms with E-state index in [1.807, 2.05) is 9.42 Å². The molecule has 2 saturated heterocycles. The molecular weight excluding hydrogens is 492 g/mol. The standard InChI is InChI=1S/C29H38N8O2/c1-18(2)26-27(22-15-37-29(30-17-31-37)21(5)20(22)4)32-23-6-7-24(33-28(23)26)36-9-8-35(14-19(36)3)25(38)16-34-10-12-39-13-11-34/h6-7,15,17-19,32H,8-14,16H2,1-5H3/t19-/m0/s1. The summed E-state index contributed by atoms with van der Waals surface area (Å²) in [7, 11) is 0. The molecule has 1 N–H and O–H groups in total. The van der Waals surface area contributed by atoms with Gasteiger partial charge in [0.05, 0.1) is 36.5 Å². The molecule has 10 heteroatoms. The van der Waals surface area contributed by atoms with E-state index in [4.69, 9.17) is 9.72 Å². The zero-order valence-corrected chi connectivity index (χ0v) is 23.6. The fourth-order valence-electron chi connectivity index (χ4n) is 6.04. The van der Waals surface area contributed by atoms with Gasteiger partial charge in [0.25, 0.3) is 0 Å². The topological polar surface area (TPSA) is 94.9 Å². The molecule has 0 saturated carbocycles. The molecule has 4 aromatic heterocycles. The number of aryl methyl sites for hydroxylation is 1. The second-order valence-electron chi connectivity index (χ2n) is 11.2. The van der Waals surface area contributed by atoms with Gasteiger partial charge >= 0.3 is 0 Å². The number of aromatic amines is 1. The van der Waals surface area contributed by atoms with Crippen LogP contribution in [0, 0.1) is 13.8 Å². The summed E-state index contributed by atoms with van der Waals surface area (Å²) in [5.74, 6) is 1.44. The maximum atomic E-state index is 13.0. The van der Waals surface area contributed by atoms with Crippen LogP contribution >= 0.6 is 0 Å². The number of pyridine rings is 2. The molecule has 206 valence electrons. The van der Waals surface area contributed by atoms with Crippen molar-refractivity contribution in [1.29, 1.82) is 0 Å². The van der Waals surface area contributed by atoms with Gasteiger partial charge in [-0.1, -0.05) is 13.8 Å². The van der Waals surface area contributed by atoms with Crippen LogP contribution in [0.3, 0.4) is 0 Å². The van der Waals surface area contributed by atoms with E-state index in [-0.39, 0.29) is 17.9 Å². The maximum absolute atomic E-state index is 13.0. The van der Waals surface area contributed by atoms with Gasteiger partial charge in [-0.05, 0) is 49.9 Å². The fourth-order valence-corrected chi connectivity index (χ4v) is 6.04. The van der Waals surface area contributed by atoms with Crippen molar-refractivity contribution in [3.05, 3.63) is 41.3 Å². The maximum Gasteiger partial charge on any atom is 0.236 e. The summed E-state index contributed by atoms with van der Waals surface area (Å²) in [5.41, 5.74) is 8.66. The Hall–Kier alpha value is -3.50. The van der Waals surface area contributed by atoms with E-state index < -0.39 is 0 Å². The Bertz CT molecular complexity index is 1520. The van der Waals surface area contributed by atoms with E-state index in [9.17, 15) is 4.79 Å². The molecule has 10 nitrogen and oxygen atoms in total. The van der Waals surface area contributed by atoms with Crippen molar-refractivity contribution in [3.63, 3.8) is 0 Å². The lowest BCUT2D eigenvalue weighted by Crippen LogP contribution is -2.56. The predicted molar refractivity (Wildman–Crippen MR) is 152 cm³/mol. The Balaban J connectivity index is 1.28. The number of hydrogen-bond acceptors (Lipinski definition) is 7. The first-order valence-electron chi connectivity index (χ1n) is 14.0. The van der Waals surface area contributed by atoms with Crippen molar-refractivity contribution < 1.29 is 9.53 Å². The summed E-state index contributed by atoms with van der Waals surface area (Å²) in [6.07, 6.45) is 3.67. The van der Waals surface area contributed by atoms with Crippen LogP contribution in [0.2, 0.25) is 0 Å². The number of rotatable bonds is 5. The molecule has 1 amide bonds. The number of aromatic nitrogens is 5. The normalized spacial score (nSPS) is 19.1. The first kappa shape index (κ1) is 25.8. The van der Waals surface area contributed by atoms with Crippen LogP contribution in [0.1, 0.15) is 43.4 Å².